The highest BCUT2D eigenvalue weighted by Crippen LogP contribution is 2.27. The molecule has 0 spiro atoms. The highest BCUT2D eigenvalue weighted by molar-refractivity contribution is 6.31. The van der Waals surface area contributed by atoms with Gasteiger partial charge in [-0.2, -0.15) is 0 Å². The second-order valence-corrected chi connectivity index (χ2v) is 5.02. The minimum absolute atomic E-state index is 0.0426. The number of aryl methyl sites for hydroxylation is 1. The summed E-state index contributed by atoms with van der Waals surface area (Å²) in [6.07, 6.45) is 3.57. The van der Waals surface area contributed by atoms with Crippen molar-refractivity contribution in [2.24, 2.45) is 0 Å². The molecule has 1 N–H and O–H groups in total. The van der Waals surface area contributed by atoms with Crippen LogP contribution in [-0.4, -0.2) is 18.6 Å². The molecule has 0 aliphatic rings. The fraction of sp³-hybridized carbons (Fsp3) is 0.312. The SMILES string of the molecule is CCOc1cncc(C(NC)c2ccc(C)c(Cl)c2)c1. The zero-order valence-electron chi connectivity index (χ0n) is 12.0. The zero-order chi connectivity index (χ0) is 14.5. The van der Waals surface area contributed by atoms with E-state index in [2.05, 4.69) is 16.4 Å². The Balaban J connectivity index is 2.36. The van der Waals surface area contributed by atoms with Gasteiger partial charge in [0.25, 0.3) is 0 Å². The van der Waals surface area contributed by atoms with Crippen LogP contribution in [0.25, 0.3) is 0 Å². The number of aromatic nitrogens is 1. The summed E-state index contributed by atoms with van der Waals surface area (Å²) in [6.45, 7) is 4.59. The van der Waals surface area contributed by atoms with Crippen molar-refractivity contribution in [3.8, 4) is 5.75 Å². The molecule has 0 fully saturated rings. The van der Waals surface area contributed by atoms with E-state index in [1.54, 1.807) is 6.20 Å². The van der Waals surface area contributed by atoms with E-state index in [4.69, 9.17) is 16.3 Å². The van der Waals surface area contributed by atoms with Crippen molar-refractivity contribution in [2.45, 2.75) is 19.9 Å². The van der Waals surface area contributed by atoms with E-state index in [9.17, 15) is 0 Å². The van der Waals surface area contributed by atoms with Gasteiger partial charge in [0.2, 0.25) is 0 Å². The average molecular weight is 291 g/mol. The summed E-state index contributed by atoms with van der Waals surface area (Å²) in [5, 5.41) is 4.07. The molecule has 1 aromatic carbocycles. The molecule has 0 bridgehead atoms. The van der Waals surface area contributed by atoms with Crippen LogP contribution in [0.5, 0.6) is 5.75 Å². The van der Waals surface area contributed by atoms with Crippen LogP contribution in [0.15, 0.2) is 36.7 Å². The summed E-state index contributed by atoms with van der Waals surface area (Å²) in [4.78, 5) is 4.24. The van der Waals surface area contributed by atoms with Crippen molar-refractivity contribution in [2.75, 3.05) is 13.7 Å². The molecule has 0 aliphatic heterocycles. The third-order valence-electron chi connectivity index (χ3n) is 3.20. The fourth-order valence-electron chi connectivity index (χ4n) is 2.15. The molecule has 20 heavy (non-hydrogen) atoms. The molecular weight excluding hydrogens is 272 g/mol. The lowest BCUT2D eigenvalue weighted by Crippen LogP contribution is -2.18. The van der Waals surface area contributed by atoms with Gasteiger partial charge in [-0.1, -0.05) is 23.7 Å². The average Bonchev–Trinajstić information content (AvgIpc) is 2.44. The first-order valence-electron chi connectivity index (χ1n) is 6.66. The molecule has 106 valence electrons. The molecule has 1 atom stereocenters. The van der Waals surface area contributed by atoms with E-state index in [0.717, 1.165) is 27.5 Å². The normalized spacial score (nSPS) is 12.2. The smallest absolute Gasteiger partial charge is 0.137 e. The Labute approximate surface area is 124 Å². The molecule has 2 rings (SSSR count). The van der Waals surface area contributed by atoms with Gasteiger partial charge in [0.1, 0.15) is 5.75 Å². The number of hydrogen-bond acceptors (Lipinski definition) is 3. The zero-order valence-corrected chi connectivity index (χ0v) is 12.7. The van der Waals surface area contributed by atoms with Crippen molar-refractivity contribution in [1.82, 2.24) is 10.3 Å². The molecule has 0 saturated carbocycles. The number of halogens is 1. The summed E-state index contributed by atoms with van der Waals surface area (Å²) in [5.74, 6) is 0.781. The van der Waals surface area contributed by atoms with Crippen LogP contribution in [0.1, 0.15) is 29.7 Å². The molecule has 1 aromatic heterocycles. The first kappa shape index (κ1) is 14.8. The Hall–Kier alpha value is -1.58. The van der Waals surface area contributed by atoms with Gasteiger partial charge in [-0.05, 0) is 49.7 Å². The molecular formula is C16H19ClN2O. The molecule has 3 nitrogen and oxygen atoms in total. The lowest BCUT2D eigenvalue weighted by molar-refractivity contribution is 0.338. The third-order valence-corrected chi connectivity index (χ3v) is 3.60. The predicted octanol–water partition coefficient (Wildman–Crippen LogP) is 3.75. The standard InChI is InChI=1S/C16H19ClN2O/c1-4-20-14-7-13(9-19-10-14)16(18-3)12-6-5-11(2)15(17)8-12/h5-10,16,18H,4H2,1-3H3. The predicted molar refractivity (Wildman–Crippen MR) is 82.5 cm³/mol. The highest BCUT2D eigenvalue weighted by atomic mass is 35.5. The molecule has 1 heterocycles. The maximum absolute atomic E-state index is 6.22. The Morgan fingerprint density at radius 1 is 1.25 bits per heavy atom. The number of nitrogens with zero attached hydrogens (tertiary/aromatic N) is 1. The molecule has 1 unspecified atom stereocenters. The third kappa shape index (κ3) is 3.30. The Kier molecular flexibility index (Phi) is 4.99. The molecule has 0 aliphatic carbocycles. The Morgan fingerprint density at radius 2 is 2.05 bits per heavy atom. The number of benzene rings is 1. The number of pyridine rings is 1. The number of rotatable bonds is 5. The van der Waals surface area contributed by atoms with E-state index in [1.165, 1.54) is 0 Å². The van der Waals surface area contributed by atoms with Gasteiger partial charge in [-0.25, -0.2) is 0 Å². The van der Waals surface area contributed by atoms with Crippen molar-refractivity contribution in [3.63, 3.8) is 0 Å². The summed E-state index contributed by atoms with van der Waals surface area (Å²) in [7, 11) is 1.92. The van der Waals surface area contributed by atoms with Crippen LogP contribution < -0.4 is 10.1 Å². The quantitative estimate of drug-likeness (QED) is 0.910. The fourth-order valence-corrected chi connectivity index (χ4v) is 2.34. The summed E-state index contributed by atoms with van der Waals surface area (Å²) >= 11 is 6.22. The van der Waals surface area contributed by atoms with E-state index >= 15 is 0 Å². The van der Waals surface area contributed by atoms with E-state index in [0.29, 0.717) is 6.61 Å². The van der Waals surface area contributed by atoms with Gasteiger partial charge in [0.05, 0.1) is 18.8 Å². The summed E-state index contributed by atoms with van der Waals surface area (Å²) in [6, 6.07) is 8.15. The first-order valence-corrected chi connectivity index (χ1v) is 7.04. The van der Waals surface area contributed by atoms with Crippen molar-refractivity contribution >= 4 is 11.6 Å². The van der Waals surface area contributed by atoms with Gasteiger partial charge in [0, 0.05) is 11.2 Å². The lowest BCUT2D eigenvalue weighted by Gasteiger charge is -2.18. The molecule has 2 aromatic rings. The Morgan fingerprint density at radius 3 is 2.70 bits per heavy atom. The number of ether oxygens (including phenoxy) is 1. The minimum atomic E-state index is 0.0426. The molecule has 4 heteroatoms. The van der Waals surface area contributed by atoms with Gasteiger partial charge >= 0.3 is 0 Å². The van der Waals surface area contributed by atoms with E-state index in [1.807, 2.05) is 45.3 Å². The van der Waals surface area contributed by atoms with Gasteiger partial charge < -0.3 is 10.1 Å². The van der Waals surface area contributed by atoms with Gasteiger partial charge in [-0.15, -0.1) is 0 Å². The van der Waals surface area contributed by atoms with Gasteiger partial charge in [-0.3, -0.25) is 4.98 Å². The lowest BCUT2D eigenvalue weighted by atomic mass is 9.99. The second kappa shape index (κ2) is 6.73. The molecule has 0 radical (unpaired) electrons. The van der Waals surface area contributed by atoms with Crippen LogP contribution in [0, 0.1) is 6.92 Å². The van der Waals surface area contributed by atoms with Crippen LogP contribution in [0.3, 0.4) is 0 Å². The monoisotopic (exact) mass is 290 g/mol. The van der Waals surface area contributed by atoms with Gasteiger partial charge in [0.15, 0.2) is 0 Å². The van der Waals surface area contributed by atoms with Crippen molar-refractivity contribution in [1.29, 1.82) is 0 Å². The van der Waals surface area contributed by atoms with Crippen molar-refractivity contribution in [3.05, 3.63) is 58.4 Å². The maximum atomic E-state index is 6.22. The van der Waals surface area contributed by atoms with E-state index < -0.39 is 0 Å². The Bertz CT molecular complexity index is 586. The van der Waals surface area contributed by atoms with Crippen LogP contribution >= 0.6 is 11.6 Å². The highest BCUT2D eigenvalue weighted by Gasteiger charge is 2.14. The van der Waals surface area contributed by atoms with Crippen LogP contribution in [0.4, 0.5) is 0 Å². The summed E-state index contributed by atoms with van der Waals surface area (Å²) in [5.41, 5.74) is 3.24. The second-order valence-electron chi connectivity index (χ2n) is 4.62. The topological polar surface area (TPSA) is 34.1 Å². The van der Waals surface area contributed by atoms with E-state index in [-0.39, 0.29) is 6.04 Å². The number of nitrogens with one attached hydrogen (secondary N) is 1. The minimum Gasteiger partial charge on any atom is -0.492 e. The largest absolute Gasteiger partial charge is 0.492 e. The van der Waals surface area contributed by atoms with Crippen LogP contribution in [-0.2, 0) is 0 Å². The first-order chi connectivity index (χ1) is 9.65. The maximum Gasteiger partial charge on any atom is 0.137 e. The number of hydrogen-bond donors (Lipinski definition) is 1. The molecule has 0 saturated heterocycles. The van der Waals surface area contributed by atoms with Crippen LogP contribution in [0.2, 0.25) is 5.02 Å². The van der Waals surface area contributed by atoms with Crippen molar-refractivity contribution < 1.29 is 4.74 Å². The molecule has 0 amide bonds. The summed E-state index contributed by atoms with van der Waals surface area (Å²) < 4.78 is 5.50.